The summed E-state index contributed by atoms with van der Waals surface area (Å²) >= 11 is 0. The van der Waals surface area contributed by atoms with Crippen molar-refractivity contribution in [1.29, 1.82) is 0 Å². The van der Waals surface area contributed by atoms with Gasteiger partial charge in [0.1, 0.15) is 6.29 Å². The number of benzene rings is 2. The Morgan fingerprint density at radius 1 is 1.12 bits per heavy atom. The van der Waals surface area contributed by atoms with E-state index < -0.39 is 0 Å². The number of aromatic nitrogens is 3. The molecular weight excluding hydrogens is 310 g/mol. The molecule has 0 N–H and O–H groups in total. The number of carbonyl (C=O) groups is 1. The van der Waals surface area contributed by atoms with Crippen LogP contribution in [0.3, 0.4) is 0 Å². The molecule has 0 amide bonds. The third-order valence-corrected chi connectivity index (χ3v) is 5.22. The Morgan fingerprint density at radius 3 is 2.76 bits per heavy atom. The second kappa shape index (κ2) is 5.31. The largest absolute Gasteiger partial charge is 0.338 e. The predicted octanol–water partition coefficient (Wildman–Crippen LogP) is 4.42. The summed E-state index contributed by atoms with van der Waals surface area (Å²) in [5.41, 5.74) is 4.99. The third kappa shape index (κ3) is 2.29. The standard InChI is InChI=1S/C21H19N3O/c1-23-19-9-8-15(13-25)10-17(19)22-21(23)20-11-16-4-2-3-5-18(16)24(20)12-14-6-7-14/h2-5,8-11,13-14H,6-7,12H2,1H3. The van der Waals surface area contributed by atoms with Crippen LogP contribution in [0.1, 0.15) is 23.2 Å². The minimum atomic E-state index is 0.663. The zero-order valence-electron chi connectivity index (χ0n) is 14.1. The third-order valence-electron chi connectivity index (χ3n) is 5.22. The number of rotatable bonds is 4. The molecule has 2 heterocycles. The Morgan fingerprint density at radius 2 is 1.96 bits per heavy atom. The molecule has 25 heavy (non-hydrogen) atoms. The second-order valence-electron chi connectivity index (χ2n) is 7.00. The maximum atomic E-state index is 11.1. The average Bonchev–Trinajstić information content (AvgIpc) is 3.31. The molecule has 4 nitrogen and oxygen atoms in total. The Kier molecular flexibility index (Phi) is 3.07. The van der Waals surface area contributed by atoms with Crippen LogP contribution in [-0.2, 0) is 13.6 Å². The van der Waals surface area contributed by atoms with E-state index >= 15 is 0 Å². The quantitative estimate of drug-likeness (QED) is 0.520. The first-order chi connectivity index (χ1) is 12.2. The molecule has 0 saturated heterocycles. The maximum Gasteiger partial charge on any atom is 0.157 e. The summed E-state index contributed by atoms with van der Waals surface area (Å²) in [7, 11) is 2.05. The van der Waals surface area contributed by atoms with E-state index in [1.54, 1.807) is 0 Å². The van der Waals surface area contributed by atoms with Gasteiger partial charge in [-0.05, 0) is 49.1 Å². The minimum absolute atomic E-state index is 0.663. The van der Waals surface area contributed by atoms with Crippen LogP contribution < -0.4 is 0 Å². The molecule has 0 atom stereocenters. The van der Waals surface area contributed by atoms with Crippen molar-refractivity contribution in [3.8, 4) is 11.5 Å². The molecule has 1 aliphatic rings. The van der Waals surface area contributed by atoms with Crippen molar-refractivity contribution in [3.05, 3.63) is 54.1 Å². The fourth-order valence-corrected chi connectivity index (χ4v) is 3.67. The van der Waals surface area contributed by atoms with Crippen LogP contribution >= 0.6 is 0 Å². The number of hydrogen-bond donors (Lipinski definition) is 0. The molecule has 124 valence electrons. The molecule has 4 aromatic rings. The molecule has 0 bridgehead atoms. The van der Waals surface area contributed by atoms with Crippen LogP contribution in [0.5, 0.6) is 0 Å². The fourth-order valence-electron chi connectivity index (χ4n) is 3.67. The lowest BCUT2D eigenvalue weighted by Crippen LogP contribution is -2.04. The van der Waals surface area contributed by atoms with Crippen molar-refractivity contribution >= 4 is 28.2 Å². The Balaban J connectivity index is 1.76. The Labute approximate surface area is 145 Å². The van der Waals surface area contributed by atoms with Crippen molar-refractivity contribution in [2.75, 3.05) is 0 Å². The number of para-hydroxylation sites is 1. The Hall–Kier alpha value is -2.88. The summed E-state index contributed by atoms with van der Waals surface area (Å²) in [6.07, 6.45) is 3.51. The van der Waals surface area contributed by atoms with Gasteiger partial charge in [-0.1, -0.05) is 18.2 Å². The van der Waals surface area contributed by atoms with Crippen LogP contribution in [0.25, 0.3) is 33.5 Å². The van der Waals surface area contributed by atoms with Gasteiger partial charge in [-0.15, -0.1) is 0 Å². The van der Waals surface area contributed by atoms with E-state index in [1.165, 1.54) is 23.7 Å². The van der Waals surface area contributed by atoms with E-state index in [2.05, 4.69) is 39.5 Å². The second-order valence-corrected chi connectivity index (χ2v) is 7.00. The van der Waals surface area contributed by atoms with Gasteiger partial charge in [0, 0.05) is 30.1 Å². The maximum absolute atomic E-state index is 11.1. The number of aryl methyl sites for hydroxylation is 1. The summed E-state index contributed by atoms with van der Waals surface area (Å²) in [5, 5.41) is 1.25. The lowest BCUT2D eigenvalue weighted by molar-refractivity contribution is 0.112. The van der Waals surface area contributed by atoms with Gasteiger partial charge in [-0.3, -0.25) is 4.79 Å². The molecule has 4 heteroatoms. The zero-order valence-corrected chi connectivity index (χ0v) is 14.1. The van der Waals surface area contributed by atoms with Crippen molar-refractivity contribution in [2.24, 2.45) is 13.0 Å². The van der Waals surface area contributed by atoms with Gasteiger partial charge in [0.2, 0.25) is 0 Å². The number of fused-ring (bicyclic) bond motifs is 2. The van der Waals surface area contributed by atoms with Crippen molar-refractivity contribution in [3.63, 3.8) is 0 Å². The summed E-state index contributed by atoms with van der Waals surface area (Å²) < 4.78 is 4.54. The van der Waals surface area contributed by atoms with E-state index in [0.29, 0.717) is 5.56 Å². The first kappa shape index (κ1) is 14.5. The van der Waals surface area contributed by atoms with E-state index in [1.807, 2.05) is 25.2 Å². The number of nitrogens with zero attached hydrogens (tertiary/aromatic N) is 3. The molecular formula is C21H19N3O. The van der Waals surface area contributed by atoms with E-state index in [4.69, 9.17) is 4.98 Å². The number of imidazole rings is 1. The fraction of sp³-hybridized carbons (Fsp3) is 0.238. The van der Waals surface area contributed by atoms with Crippen LogP contribution in [0.2, 0.25) is 0 Å². The summed E-state index contributed by atoms with van der Waals surface area (Å²) in [5.74, 6) is 1.74. The highest BCUT2D eigenvalue weighted by atomic mass is 16.1. The van der Waals surface area contributed by atoms with Crippen LogP contribution in [0.4, 0.5) is 0 Å². The van der Waals surface area contributed by atoms with Crippen molar-refractivity contribution in [2.45, 2.75) is 19.4 Å². The molecule has 1 saturated carbocycles. The lowest BCUT2D eigenvalue weighted by atomic mass is 10.2. The number of carbonyl (C=O) groups excluding carboxylic acids is 1. The van der Waals surface area contributed by atoms with Gasteiger partial charge in [0.05, 0.1) is 16.7 Å². The predicted molar refractivity (Wildman–Crippen MR) is 99.8 cm³/mol. The monoisotopic (exact) mass is 329 g/mol. The SMILES string of the molecule is Cn1c(-c2cc3ccccc3n2CC2CC2)nc2cc(C=O)ccc21. The van der Waals surface area contributed by atoms with Crippen LogP contribution in [0, 0.1) is 5.92 Å². The minimum Gasteiger partial charge on any atom is -0.338 e. The van der Waals surface area contributed by atoms with Crippen molar-refractivity contribution in [1.82, 2.24) is 14.1 Å². The van der Waals surface area contributed by atoms with E-state index in [0.717, 1.165) is 41.3 Å². The van der Waals surface area contributed by atoms with E-state index in [9.17, 15) is 4.79 Å². The molecule has 1 fully saturated rings. The van der Waals surface area contributed by atoms with Crippen molar-refractivity contribution < 1.29 is 4.79 Å². The highest BCUT2D eigenvalue weighted by Crippen LogP contribution is 2.36. The van der Waals surface area contributed by atoms with Crippen LogP contribution in [-0.4, -0.2) is 20.4 Å². The first-order valence-electron chi connectivity index (χ1n) is 8.75. The summed E-state index contributed by atoms with van der Waals surface area (Å²) in [4.78, 5) is 15.9. The smallest absolute Gasteiger partial charge is 0.157 e. The van der Waals surface area contributed by atoms with Gasteiger partial charge in [-0.25, -0.2) is 4.98 Å². The normalized spacial score (nSPS) is 14.4. The molecule has 1 aliphatic carbocycles. The topological polar surface area (TPSA) is 39.8 Å². The summed E-state index contributed by atoms with van der Waals surface area (Å²) in [6, 6.07) is 16.5. The lowest BCUT2D eigenvalue weighted by Gasteiger charge is -2.10. The van der Waals surface area contributed by atoms with E-state index in [-0.39, 0.29) is 0 Å². The van der Waals surface area contributed by atoms with Gasteiger partial charge >= 0.3 is 0 Å². The van der Waals surface area contributed by atoms with Gasteiger partial charge < -0.3 is 9.13 Å². The highest BCUT2D eigenvalue weighted by Gasteiger charge is 2.25. The van der Waals surface area contributed by atoms with Crippen LogP contribution in [0.15, 0.2) is 48.5 Å². The zero-order chi connectivity index (χ0) is 17.0. The highest BCUT2D eigenvalue weighted by molar-refractivity contribution is 5.90. The number of hydrogen-bond acceptors (Lipinski definition) is 2. The number of aldehydes is 1. The molecule has 0 aliphatic heterocycles. The first-order valence-corrected chi connectivity index (χ1v) is 8.75. The Bertz CT molecular complexity index is 1120. The van der Waals surface area contributed by atoms with Gasteiger partial charge in [-0.2, -0.15) is 0 Å². The van der Waals surface area contributed by atoms with Gasteiger partial charge in [0.25, 0.3) is 0 Å². The molecule has 0 radical (unpaired) electrons. The molecule has 5 rings (SSSR count). The molecule has 2 aromatic heterocycles. The average molecular weight is 329 g/mol. The summed E-state index contributed by atoms with van der Waals surface area (Å²) in [6.45, 7) is 1.05. The molecule has 2 aromatic carbocycles. The molecule has 0 spiro atoms. The molecule has 0 unspecified atom stereocenters. The van der Waals surface area contributed by atoms with Gasteiger partial charge in [0.15, 0.2) is 5.82 Å².